The van der Waals surface area contributed by atoms with Crippen molar-refractivity contribution < 1.29 is 9.90 Å². The van der Waals surface area contributed by atoms with E-state index in [0.717, 1.165) is 5.56 Å². The van der Waals surface area contributed by atoms with Crippen LogP contribution in [0, 0.1) is 13.8 Å². The minimum absolute atomic E-state index is 0.469. The molecule has 0 aromatic heterocycles. The number of hydrogen-bond acceptors (Lipinski definition) is 2. The van der Waals surface area contributed by atoms with Gasteiger partial charge in [0.1, 0.15) is 6.04 Å². The highest BCUT2D eigenvalue weighted by molar-refractivity contribution is 5.73. The van der Waals surface area contributed by atoms with Crippen molar-refractivity contribution in [3.05, 3.63) is 143 Å². The van der Waals surface area contributed by atoms with Gasteiger partial charge in [-0.15, -0.1) is 0 Å². The van der Waals surface area contributed by atoms with Crippen molar-refractivity contribution >= 4 is 5.97 Å². The molecule has 0 amide bonds. The first-order valence-corrected chi connectivity index (χ1v) is 12.2. The molecule has 3 nitrogen and oxygen atoms in total. The van der Waals surface area contributed by atoms with E-state index in [1.807, 2.05) is 42.5 Å². The molecule has 0 fully saturated rings. The lowest BCUT2D eigenvalue weighted by atomic mass is 9.66. The summed E-state index contributed by atoms with van der Waals surface area (Å²) in [6, 6.07) is 36.9. The number of aryl methyl sites for hydroxylation is 2. The fourth-order valence-corrected chi connectivity index (χ4v) is 4.90. The van der Waals surface area contributed by atoms with Crippen LogP contribution >= 0.6 is 0 Å². The summed E-state index contributed by atoms with van der Waals surface area (Å²) in [4.78, 5) is 12.3. The smallest absolute Gasteiger partial charge is 0.320 e. The molecule has 1 atom stereocenters. The number of rotatable bonds is 10. The fraction of sp³-hybridized carbons (Fsp3) is 0.219. The second-order valence-corrected chi connectivity index (χ2v) is 9.23. The Morgan fingerprint density at radius 2 is 1.29 bits per heavy atom. The minimum Gasteiger partial charge on any atom is -0.480 e. The molecule has 2 N–H and O–H groups in total. The van der Waals surface area contributed by atoms with Gasteiger partial charge in [0.25, 0.3) is 0 Å². The van der Waals surface area contributed by atoms with Crippen LogP contribution < -0.4 is 5.32 Å². The predicted molar refractivity (Wildman–Crippen MR) is 143 cm³/mol. The number of carboxylic acid groups (broad SMARTS) is 1. The number of carboxylic acids is 1. The Hall–Kier alpha value is -3.69. The molecule has 0 saturated heterocycles. The highest BCUT2D eigenvalue weighted by Gasteiger charge is 2.37. The fourth-order valence-electron chi connectivity index (χ4n) is 4.90. The zero-order valence-electron chi connectivity index (χ0n) is 20.4. The zero-order valence-corrected chi connectivity index (χ0v) is 20.4. The van der Waals surface area contributed by atoms with Crippen molar-refractivity contribution in [1.82, 2.24) is 5.32 Å². The topological polar surface area (TPSA) is 49.3 Å². The van der Waals surface area contributed by atoms with Gasteiger partial charge in [-0.2, -0.15) is 0 Å². The highest BCUT2D eigenvalue weighted by atomic mass is 16.4. The number of carbonyl (C=O) groups is 1. The summed E-state index contributed by atoms with van der Waals surface area (Å²) in [6.45, 7) is 4.78. The molecule has 0 spiro atoms. The predicted octanol–water partition coefficient (Wildman–Crippen LogP) is 6.66. The van der Waals surface area contributed by atoms with Gasteiger partial charge in [-0.3, -0.25) is 4.79 Å². The van der Waals surface area contributed by atoms with E-state index in [4.69, 9.17) is 0 Å². The molecule has 35 heavy (non-hydrogen) atoms. The molecule has 3 heteroatoms. The van der Waals surface area contributed by atoms with Crippen LogP contribution in [0.1, 0.15) is 46.2 Å². The molecule has 4 aromatic rings. The van der Waals surface area contributed by atoms with Gasteiger partial charge < -0.3 is 10.4 Å². The Kier molecular flexibility index (Phi) is 7.79. The average molecular weight is 464 g/mol. The maximum Gasteiger partial charge on any atom is 0.320 e. The summed E-state index contributed by atoms with van der Waals surface area (Å²) in [5.74, 6) is -0.823. The molecule has 178 valence electrons. The first-order chi connectivity index (χ1) is 17.0. The van der Waals surface area contributed by atoms with Crippen LogP contribution in [0.3, 0.4) is 0 Å². The first-order valence-electron chi connectivity index (χ1n) is 12.2. The third kappa shape index (κ3) is 5.52. The van der Waals surface area contributed by atoms with E-state index in [9.17, 15) is 9.90 Å². The van der Waals surface area contributed by atoms with Gasteiger partial charge in [0.2, 0.25) is 0 Å². The summed E-state index contributed by atoms with van der Waals surface area (Å²) in [6.07, 6.45) is 1.14. The molecule has 0 radical (unpaired) electrons. The third-order valence-corrected chi connectivity index (χ3v) is 7.03. The molecule has 4 aromatic carbocycles. The lowest BCUT2D eigenvalue weighted by Gasteiger charge is -2.37. The van der Waals surface area contributed by atoms with Crippen molar-refractivity contribution in [3.63, 3.8) is 0 Å². The van der Waals surface area contributed by atoms with Gasteiger partial charge >= 0.3 is 5.97 Å². The van der Waals surface area contributed by atoms with Gasteiger partial charge in [-0.25, -0.2) is 0 Å². The molecule has 0 bridgehead atoms. The zero-order chi connectivity index (χ0) is 24.7. The summed E-state index contributed by atoms with van der Waals surface area (Å²) >= 11 is 0. The molecule has 0 aliphatic rings. The van der Waals surface area contributed by atoms with E-state index in [1.165, 1.54) is 27.8 Å². The van der Waals surface area contributed by atoms with Crippen molar-refractivity contribution in [2.24, 2.45) is 0 Å². The molecule has 4 rings (SSSR count). The quantitative estimate of drug-likeness (QED) is 0.259. The number of benzene rings is 4. The van der Waals surface area contributed by atoms with Gasteiger partial charge in [0.05, 0.1) is 0 Å². The second-order valence-electron chi connectivity index (χ2n) is 9.23. The average Bonchev–Trinajstić information content (AvgIpc) is 2.89. The van der Waals surface area contributed by atoms with Crippen LogP contribution in [-0.2, 0) is 16.8 Å². The number of hydrogen-bond donors (Lipinski definition) is 2. The van der Waals surface area contributed by atoms with Gasteiger partial charge in [0, 0.05) is 12.0 Å². The van der Waals surface area contributed by atoms with Crippen molar-refractivity contribution in [2.75, 3.05) is 0 Å². The van der Waals surface area contributed by atoms with E-state index < -0.39 is 17.4 Å². The van der Waals surface area contributed by atoms with Crippen molar-refractivity contribution in [1.29, 1.82) is 0 Å². The first kappa shape index (κ1) is 24.4. The largest absolute Gasteiger partial charge is 0.480 e. The maximum atomic E-state index is 12.3. The monoisotopic (exact) mass is 463 g/mol. The van der Waals surface area contributed by atoms with Crippen molar-refractivity contribution in [2.45, 2.75) is 44.7 Å². The molecule has 0 heterocycles. The van der Waals surface area contributed by atoms with Crippen LogP contribution in [0.2, 0.25) is 0 Å². The SMILES string of the molecule is Cc1ccc(C(CCC(NCc2ccccc2)C(=O)O)(c2ccccc2)c2ccccc2)cc1C. The third-order valence-electron chi connectivity index (χ3n) is 7.03. The van der Waals surface area contributed by atoms with Crippen LogP contribution in [0.4, 0.5) is 0 Å². The minimum atomic E-state index is -0.823. The van der Waals surface area contributed by atoms with Crippen LogP contribution in [0.5, 0.6) is 0 Å². The molecule has 0 aliphatic heterocycles. The van der Waals surface area contributed by atoms with E-state index in [2.05, 4.69) is 85.9 Å². The molecule has 0 saturated carbocycles. The Morgan fingerprint density at radius 1 is 0.743 bits per heavy atom. The molecular formula is C32H33NO2. The number of nitrogens with one attached hydrogen (secondary N) is 1. The molecular weight excluding hydrogens is 430 g/mol. The normalized spacial score (nSPS) is 12.3. The lowest BCUT2D eigenvalue weighted by Crippen LogP contribution is -2.39. The summed E-state index contributed by atoms with van der Waals surface area (Å²) in [7, 11) is 0. The maximum absolute atomic E-state index is 12.3. The Morgan fingerprint density at radius 3 is 1.80 bits per heavy atom. The number of aliphatic carboxylic acids is 1. The summed E-state index contributed by atoms with van der Waals surface area (Å²) in [5.41, 5.74) is 6.61. The Balaban J connectivity index is 1.76. The second kappa shape index (κ2) is 11.2. The van der Waals surface area contributed by atoms with E-state index >= 15 is 0 Å². The summed E-state index contributed by atoms with van der Waals surface area (Å²) in [5, 5.41) is 13.4. The van der Waals surface area contributed by atoms with Gasteiger partial charge in [0.15, 0.2) is 0 Å². The van der Waals surface area contributed by atoms with Crippen LogP contribution in [0.25, 0.3) is 0 Å². The van der Waals surface area contributed by atoms with Gasteiger partial charge in [-0.1, -0.05) is 109 Å². The lowest BCUT2D eigenvalue weighted by molar-refractivity contribution is -0.139. The highest BCUT2D eigenvalue weighted by Crippen LogP contribution is 2.44. The van der Waals surface area contributed by atoms with Crippen molar-refractivity contribution in [3.8, 4) is 0 Å². The summed E-state index contributed by atoms with van der Waals surface area (Å²) < 4.78 is 0. The standard InChI is InChI=1S/C32H33NO2/c1-24-18-19-29(22-25(24)2)32(27-14-8-4-9-15-27,28-16-10-5-11-17-28)21-20-30(31(34)35)33-23-26-12-6-3-7-13-26/h3-19,22,30,33H,20-21,23H2,1-2H3,(H,34,35). The Bertz CT molecular complexity index is 1200. The van der Waals surface area contributed by atoms with E-state index in [0.29, 0.717) is 19.4 Å². The van der Waals surface area contributed by atoms with Crippen LogP contribution in [0.15, 0.2) is 109 Å². The molecule has 1 unspecified atom stereocenters. The Labute approximate surface area is 208 Å². The van der Waals surface area contributed by atoms with Crippen LogP contribution in [-0.4, -0.2) is 17.1 Å². The van der Waals surface area contributed by atoms with Gasteiger partial charge in [-0.05, 0) is 60.1 Å². The van der Waals surface area contributed by atoms with E-state index in [1.54, 1.807) is 0 Å². The van der Waals surface area contributed by atoms with E-state index in [-0.39, 0.29) is 0 Å². The molecule has 0 aliphatic carbocycles.